The molecule has 3 aromatic rings. The second-order valence-electron chi connectivity index (χ2n) is 6.36. The van der Waals surface area contributed by atoms with Crippen molar-refractivity contribution in [2.45, 2.75) is 26.5 Å². The Morgan fingerprint density at radius 1 is 1.11 bits per heavy atom. The summed E-state index contributed by atoms with van der Waals surface area (Å²) in [5.41, 5.74) is 1.36. The van der Waals surface area contributed by atoms with Gasteiger partial charge in [-0.05, 0) is 50.2 Å². The van der Waals surface area contributed by atoms with Crippen LogP contribution in [0, 0.1) is 5.82 Å². The Balaban J connectivity index is 1.63. The summed E-state index contributed by atoms with van der Waals surface area (Å²) in [6.07, 6.45) is 1.59. The number of amides is 1. The highest BCUT2D eigenvalue weighted by atomic mass is 19.1. The normalized spacial score (nSPS) is 10.6. The Morgan fingerprint density at radius 3 is 2.57 bits per heavy atom. The van der Waals surface area contributed by atoms with E-state index >= 15 is 0 Å². The molecular formula is C21H21FN4O2. The Hall–Kier alpha value is -3.48. The van der Waals surface area contributed by atoms with Crippen molar-refractivity contribution in [3.05, 3.63) is 77.9 Å². The van der Waals surface area contributed by atoms with Crippen LogP contribution in [-0.2, 0) is 6.54 Å². The number of aromatic nitrogens is 2. The predicted octanol–water partition coefficient (Wildman–Crippen LogP) is 4.08. The zero-order chi connectivity index (χ0) is 19.9. The van der Waals surface area contributed by atoms with Crippen molar-refractivity contribution >= 4 is 17.5 Å². The molecule has 7 heteroatoms. The van der Waals surface area contributed by atoms with Crippen molar-refractivity contribution in [1.82, 2.24) is 15.3 Å². The number of rotatable bonds is 7. The number of nitrogens with one attached hydrogen (secondary N) is 2. The number of hydrogen-bond donors (Lipinski definition) is 2. The van der Waals surface area contributed by atoms with E-state index < -0.39 is 5.91 Å². The summed E-state index contributed by atoms with van der Waals surface area (Å²) < 4.78 is 19.3. The molecule has 0 saturated carbocycles. The summed E-state index contributed by atoms with van der Waals surface area (Å²) in [4.78, 5) is 20.7. The summed E-state index contributed by atoms with van der Waals surface area (Å²) >= 11 is 0. The summed E-state index contributed by atoms with van der Waals surface area (Å²) in [5.74, 6) is 0.283. The molecule has 3 rings (SSSR count). The molecule has 1 heterocycles. The summed E-state index contributed by atoms with van der Waals surface area (Å²) in [6, 6.07) is 15.2. The molecule has 0 spiro atoms. The van der Waals surface area contributed by atoms with Crippen LogP contribution in [0.3, 0.4) is 0 Å². The molecule has 0 saturated heterocycles. The van der Waals surface area contributed by atoms with Crippen molar-refractivity contribution in [3.63, 3.8) is 0 Å². The third-order valence-corrected chi connectivity index (χ3v) is 3.77. The Morgan fingerprint density at radius 2 is 1.86 bits per heavy atom. The van der Waals surface area contributed by atoms with Crippen LogP contribution < -0.4 is 15.4 Å². The van der Waals surface area contributed by atoms with Gasteiger partial charge in [0.25, 0.3) is 5.91 Å². The highest BCUT2D eigenvalue weighted by Crippen LogP contribution is 2.19. The zero-order valence-electron chi connectivity index (χ0n) is 15.6. The number of benzene rings is 2. The van der Waals surface area contributed by atoms with Crippen LogP contribution in [0.25, 0.3) is 0 Å². The highest BCUT2D eigenvalue weighted by molar-refractivity contribution is 5.92. The lowest BCUT2D eigenvalue weighted by Gasteiger charge is -2.11. The molecule has 0 aliphatic rings. The first-order chi connectivity index (χ1) is 13.5. The fourth-order valence-corrected chi connectivity index (χ4v) is 2.47. The van der Waals surface area contributed by atoms with Crippen molar-refractivity contribution in [2.24, 2.45) is 0 Å². The summed E-state index contributed by atoms with van der Waals surface area (Å²) in [7, 11) is 0. The van der Waals surface area contributed by atoms with Crippen LogP contribution >= 0.6 is 0 Å². The number of hydrogen-bond acceptors (Lipinski definition) is 5. The topological polar surface area (TPSA) is 76.1 Å². The number of nitrogens with zero attached hydrogens (tertiary/aromatic N) is 2. The maximum Gasteiger partial charge on any atom is 0.270 e. The molecule has 0 atom stereocenters. The minimum Gasteiger partial charge on any atom is -0.491 e. The van der Waals surface area contributed by atoms with Crippen molar-refractivity contribution in [3.8, 4) is 5.75 Å². The molecule has 28 heavy (non-hydrogen) atoms. The molecule has 6 nitrogen and oxygen atoms in total. The van der Waals surface area contributed by atoms with Gasteiger partial charge in [0.05, 0.1) is 6.10 Å². The first-order valence-electron chi connectivity index (χ1n) is 8.89. The second kappa shape index (κ2) is 8.94. The molecule has 1 amide bonds. The molecule has 0 bridgehead atoms. The Kier molecular flexibility index (Phi) is 6.16. The van der Waals surface area contributed by atoms with Gasteiger partial charge in [0, 0.05) is 24.0 Å². The molecule has 0 aliphatic carbocycles. The highest BCUT2D eigenvalue weighted by Gasteiger charge is 2.10. The van der Waals surface area contributed by atoms with Crippen LogP contribution in [0.2, 0.25) is 0 Å². The molecule has 0 fully saturated rings. The van der Waals surface area contributed by atoms with Gasteiger partial charge in [-0.3, -0.25) is 4.79 Å². The molecule has 2 N–H and O–H groups in total. The third kappa shape index (κ3) is 5.26. The molecule has 0 unspecified atom stereocenters. The van der Waals surface area contributed by atoms with Crippen LogP contribution in [0.15, 0.2) is 60.8 Å². The quantitative estimate of drug-likeness (QED) is 0.646. The van der Waals surface area contributed by atoms with Crippen molar-refractivity contribution in [1.29, 1.82) is 0 Å². The summed E-state index contributed by atoms with van der Waals surface area (Å²) in [5, 5.41) is 5.70. The van der Waals surface area contributed by atoms with Crippen molar-refractivity contribution in [2.75, 3.05) is 5.32 Å². The minimum atomic E-state index is -0.408. The van der Waals surface area contributed by atoms with Gasteiger partial charge in [0.15, 0.2) is 0 Å². The first-order valence-corrected chi connectivity index (χ1v) is 8.89. The summed E-state index contributed by atoms with van der Waals surface area (Å²) in [6.45, 7) is 4.00. The second-order valence-corrected chi connectivity index (χ2v) is 6.36. The average molecular weight is 380 g/mol. The van der Waals surface area contributed by atoms with E-state index in [4.69, 9.17) is 4.74 Å². The van der Waals surface area contributed by atoms with Gasteiger partial charge in [0.2, 0.25) is 5.95 Å². The number of carbonyl (C=O) groups excluding carboxylic acids is 1. The smallest absolute Gasteiger partial charge is 0.270 e. The fraction of sp³-hybridized carbons (Fsp3) is 0.190. The number of ether oxygens (including phenoxy) is 1. The van der Waals surface area contributed by atoms with E-state index in [-0.39, 0.29) is 30.1 Å². The van der Waals surface area contributed by atoms with E-state index in [1.165, 1.54) is 18.3 Å². The lowest BCUT2D eigenvalue weighted by molar-refractivity contribution is 0.0945. The maximum atomic E-state index is 13.7. The molecule has 2 aromatic carbocycles. The van der Waals surface area contributed by atoms with E-state index in [0.717, 1.165) is 11.4 Å². The molecule has 0 aliphatic heterocycles. The Labute approximate surface area is 162 Å². The largest absolute Gasteiger partial charge is 0.491 e. The van der Waals surface area contributed by atoms with Crippen LogP contribution in [-0.4, -0.2) is 22.0 Å². The van der Waals surface area contributed by atoms with E-state index in [9.17, 15) is 9.18 Å². The zero-order valence-corrected chi connectivity index (χ0v) is 15.6. The van der Waals surface area contributed by atoms with Gasteiger partial charge in [-0.25, -0.2) is 14.4 Å². The van der Waals surface area contributed by atoms with E-state index in [0.29, 0.717) is 5.56 Å². The van der Waals surface area contributed by atoms with Gasteiger partial charge in [0.1, 0.15) is 17.3 Å². The Bertz CT molecular complexity index is 945. The fourth-order valence-electron chi connectivity index (χ4n) is 2.47. The molecule has 0 radical (unpaired) electrons. The lowest BCUT2D eigenvalue weighted by atomic mass is 10.2. The number of carbonyl (C=O) groups is 1. The predicted molar refractivity (Wildman–Crippen MR) is 105 cm³/mol. The minimum absolute atomic E-state index is 0.0790. The van der Waals surface area contributed by atoms with E-state index in [1.54, 1.807) is 18.2 Å². The van der Waals surface area contributed by atoms with Crippen LogP contribution in [0.4, 0.5) is 16.0 Å². The third-order valence-electron chi connectivity index (χ3n) is 3.77. The first kappa shape index (κ1) is 19.3. The van der Waals surface area contributed by atoms with Crippen LogP contribution in [0.1, 0.15) is 29.9 Å². The SMILES string of the molecule is CC(C)Oc1ccc(Nc2nccc(C(=O)NCc3ccccc3F)n2)cc1. The monoisotopic (exact) mass is 380 g/mol. The van der Waals surface area contributed by atoms with E-state index in [1.807, 2.05) is 38.1 Å². The number of anilines is 2. The van der Waals surface area contributed by atoms with Gasteiger partial charge < -0.3 is 15.4 Å². The van der Waals surface area contributed by atoms with Crippen molar-refractivity contribution < 1.29 is 13.9 Å². The standard InChI is InChI=1S/C21H21FN4O2/c1-14(2)28-17-9-7-16(8-10-17)25-21-23-12-11-19(26-21)20(27)24-13-15-5-3-4-6-18(15)22/h3-12,14H,13H2,1-2H3,(H,24,27)(H,23,25,26). The van der Waals surface area contributed by atoms with Crippen LogP contribution in [0.5, 0.6) is 5.75 Å². The molecule has 1 aromatic heterocycles. The lowest BCUT2D eigenvalue weighted by Crippen LogP contribution is -2.24. The maximum absolute atomic E-state index is 13.7. The molecule has 144 valence electrons. The molecular weight excluding hydrogens is 359 g/mol. The van der Waals surface area contributed by atoms with Gasteiger partial charge in [-0.15, -0.1) is 0 Å². The number of halogens is 1. The van der Waals surface area contributed by atoms with Gasteiger partial charge >= 0.3 is 0 Å². The van der Waals surface area contributed by atoms with Gasteiger partial charge in [-0.1, -0.05) is 18.2 Å². The average Bonchev–Trinajstić information content (AvgIpc) is 2.68. The van der Waals surface area contributed by atoms with E-state index in [2.05, 4.69) is 20.6 Å². The van der Waals surface area contributed by atoms with Gasteiger partial charge in [-0.2, -0.15) is 0 Å².